The molecule has 6 aliphatic rings. The molecule has 6 saturated heterocycles. The van der Waals surface area contributed by atoms with E-state index in [9.17, 15) is 0 Å². The van der Waals surface area contributed by atoms with Crippen molar-refractivity contribution in [2.24, 2.45) is 0 Å². The topological polar surface area (TPSA) is 75.2 Å². The van der Waals surface area contributed by atoms with Gasteiger partial charge in [0.2, 0.25) is 0 Å². The zero-order valence-corrected chi connectivity index (χ0v) is 15.4. The van der Waals surface area contributed by atoms with E-state index < -0.39 is 28.7 Å². The van der Waals surface area contributed by atoms with Crippen molar-refractivity contribution < 1.29 is 28.4 Å². The molecule has 20 heavy (non-hydrogen) atoms. The fraction of sp³-hybridized carbons (Fsp3) is 1.00. The van der Waals surface area contributed by atoms with Gasteiger partial charge in [-0.2, -0.15) is 0 Å². The molecule has 0 aliphatic carbocycles. The van der Waals surface area contributed by atoms with Crippen molar-refractivity contribution in [3.05, 3.63) is 0 Å². The standard InChI is InChI=1S/2C6H9GeO3/c2*1-4(8-1)7(5-2-9-5)6-3-10-6/h2*4-6H,1-3H2. The maximum atomic E-state index is 5.29. The number of epoxide rings is 6. The number of rotatable bonds is 6. The summed E-state index contributed by atoms with van der Waals surface area (Å²) in [5.41, 5.74) is 0. The first-order valence-electron chi connectivity index (χ1n) is 7.33. The van der Waals surface area contributed by atoms with Crippen molar-refractivity contribution in [1.82, 2.24) is 0 Å². The van der Waals surface area contributed by atoms with Gasteiger partial charge in [-0.15, -0.1) is 0 Å². The van der Waals surface area contributed by atoms with Crippen molar-refractivity contribution >= 4 is 28.7 Å². The molecule has 0 saturated carbocycles. The van der Waals surface area contributed by atoms with Crippen LogP contribution in [0.2, 0.25) is 0 Å². The molecule has 6 atom stereocenters. The summed E-state index contributed by atoms with van der Waals surface area (Å²) in [7, 11) is 0. The Morgan fingerprint density at radius 3 is 0.650 bits per heavy atom. The van der Waals surface area contributed by atoms with E-state index in [4.69, 9.17) is 28.4 Å². The Morgan fingerprint density at radius 1 is 0.400 bits per heavy atom. The van der Waals surface area contributed by atoms with Gasteiger partial charge in [-0.1, -0.05) is 0 Å². The Morgan fingerprint density at radius 2 is 0.550 bits per heavy atom. The summed E-state index contributed by atoms with van der Waals surface area (Å²) in [6.45, 7) is 5.97. The second kappa shape index (κ2) is 5.19. The predicted octanol–water partition coefficient (Wildman–Crippen LogP) is -1.41. The van der Waals surface area contributed by atoms with Crippen LogP contribution in [0.15, 0.2) is 0 Å². The molecule has 6 fully saturated rings. The summed E-state index contributed by atoms with van der Waals surface area (Å²) in [6.07, 6.45) is 0. The fourth-order valence-electron chi connectivity index (χ4n) is 2.69. The molecule has 0 aromatic carbocycles. The van der Waals surface area contributed by atoms with Crippen LogP contribution in [0.25, 0.3) is 0 Å². The van der Waals surface area contributed by atoms with Crippen molar-refractivity contribution in [3.63, 3.8) is 0 Å². The zero-order valence-electron chi connectivity index (χ0n) is 11.2. The van der Waals surface area contributed by atoms with E-state index in [0.29, 0.717) is 29.6 Å². The van der Waals surface area contributed by atoms with Crippen LogP contribution in [-0.4, -0.2) is 98.0 Å². The molecule has 0 bridgehead atoms. The fourth-order valence-corrected chi connectivity index (χ4v) is 14.0. The predicted molar refractivity (Wildman–Crippen MR) is 69.9 cm³/mol. The summed E-state index contributed by atoms with van der Waals surface area (Å²) in [4.78, 5) is 3.75. The minimum absolute atomic E-state index is 0.625. The molecule has 0 N–H and O–H groups in total. The Kier molecular flexibility index (Phi) is 3.45. The molecule has 2 radical (unpaired) electrons. The Labute approximate surface area is 126 Å². The molecule has 0 aromatic heterocycles. The number of hydrogen-bond donors (Lipinski definition) is 0. The van der Waals surface area contributed by atoms with Gasteiger partial charge in [-0.25, -0.2) is 0 Å². The summed E-state index contributed by atoms with van der Waals surface area (Å²) in [5, 5.41) is 0. The van der Waals surface area contributed by atoms with E-state index >= 15 is 0 Å². The van der Waals surface area contributed by atoms with Crippen LogP contribution in [0.3, 0.4) is 0 Å². The van der Waals surface area contributed by atoms with E-state index in [1.165, 1.54) is 0 Å². The molecule has 0 aromatic rings. The molecule has 6 rings (SSSR count). The second-order valence-corrected chi connectivity index (χ2v) is 18.2. The average Bonchev–Trinajstić information content (AvgIpc) is 3.27. The minimum atomic E-state index is -1.06. The monoisotopic (exact) mass is 406 g/mol. The molecule has 6 heterocycles. The molecule has 6 aliphatic heterocycles. The number of hydrogen-bond acceptors (Lipinski definition) is 6. The average molecular weight is 403 g/mol. The van der Waals surface area contributed by atoms with Gasteiger partial charge in [0.1, 0.15) is 0 Å². The van der Waals surface area contributed by atoms with E-state index in [2.05, 4.69) is 0 Å². The Hall–Kier alpha value is 0.846. The third-order valence-electron chi connectivity index (χ3n) is 4.23. The first-order valence-corrected chi connectivity index (χ1v) is 14.6. The first kappa shape index (κ1) is 13.3. The molecule has 0 spiro atoms. The summed E-state index contributed by atoms with van der Waals surface area (Å²) in [6, 6.07) is 0. The van der Waals surface area contributed by atoms with Gasteiger partial charge < -0.3 is 0 Å². The summed E-state index contributed by atoms with van der Waals surface area (Å²) in [5.74, 6) is 0. The van der Waals surface area contributed by atoms with Crippen LogP contribution in [-0.2, 0) is 28.4 Å². The molecule has 0 amide bonds. The Balaban J connectivity index is 0.0000000960. The van der Waals surface area contributed by atoms with Gasteiger partial charge in [0.15, 0.2) is 0 Å². The first-order chi connectivity index (χ1) is 9.90. The zero-order chi connectivity index (χ0) is 13.1. The van der Waals surface area contributed by atoms with Crippen LogP contribution < -0.4 is 0 Å². The van der Waals surface area contributed by atoms with E-state index in [0.717, 1.165) is 39.6 Å². The van der Waals surface area contributed by atoms with Crippen molar-refractivity contribution in [2.75, 3.05) is 39.6 Å². The van der Waals surface area contributed by atoms with E-state index in [-0.39, 0.29) is 0 Å². The molecular weight excluding hydrogens is 385 g/mol. The molecule has 6 unspecified atom stereocenters. The van der Waals surface area contributed by atoms with Crippen LogP contribution in [0.4, 0.5) is 0 Å². The van der Waals surface area contributed by atoms with Crippen molar-refractivity contribution in [1.29, 1.82) is 0 Å². The molecule has 8 heteroatoms. The van der Waals surface area contributed by atoms with Crippen molar-refractivity contribution in [3.8, 4) is 0 Å². The number of ether oxygens (including phenoxy) is 6. The third kappa shape index (κ3) is 3.27. The SMILES string of the molecule is C1O[CH]1[Ge]([CH]1CO1)[CH]1CO1.C1O[CH]1[Ge]([CH]1CO1)[CH]1CO1. The van der Waals surface area contributed by atoms with Gasteiger partial charge in [0.25, 0.3) is 0 Å². The van der Waals surface area contributed by atoms with Gasteiger partial charge in [-0.05, 0) is 0 Å². The Bertz CT molecular complexity index is 281. The summed E-state index contributed by atoms with van der Waals surface area (Å²) < 4.78 is 31.7. The van der Waals surface area contributed by atoms with Crippen LogP contribution in [0, 0.1) is 0 Å². The second-order valence-electron chi connectivity index (χ2n) is 5.93. The third-order valence-corrected chi connectivity index (χ3v) is 17.8. The van der Waals surface area contributed by atoms with Crippen LogP contribution in [0.5, 0.6) is 0 Å². The van der Waals surface area contributed by atoms with E-state index in [1.54, 1.807) is 0 Å². The molecular formula is C12H18Ge2O6. The van der Waals surface area contributed by atoms with Gasteiger partial charge in [-0.3, -0.25) is 0 Å². The van der Waals surface area contributed by atoms with Crippen LogP contribution in [0.1, 0.15) is 0 Å². The van der Waals surface area contributed by atoms with Gasteiger partial charge in [0.05, 0.1) is 0 Å². The van der Waals surface area contributed by atoms with Gasteiger partial charge >= 0.3 is 126 Å². The summed E-state index contributed by atoms with van der Waals surface area (Å²) >= 11 is -2.11. The van der Waals surface area contributed by atoms with E-state index in [1.807, 2.05) is 0 Å². The van der Waals surface area contributed by atoms with Gasteiger partial charge in [0, 0.05) is 0 Å². The normalized spacial score (nSPS) is 49.5. The van der Waals surface area contributed by atoms with Crippen LogP contribution >= 0.6 is 0 Å². The quantitative estimate of drug-likeness (QED) is 0.401. The molecule has 6 nitrogen and oxygen atoms in total. The maximum absolute atomic E-state index is 5.29. The van der Waals surface area contributed by atoms with Crippen molar-refractivity contribution in [2.45, 2.75) is 29.6 Å². The molecule has 110 valence electrons.